The van der Waals surface area contributed by atoms with Crippen LogP contribution in [0.5, 0.6) is 11.5 Å². The van der Waals surface area contributed by atoms with Crippen molar-refractivity contribution >= 4 is 153 Å². The molecule has 18 rings (SSSR count). The maximum absolute atomic E-state index is 7.29. The van der Waals surface area contributed by atoms with E-state index in [1.54, 1.807) is 0 Å². The van der Waals surface area contributed by atoms with Crippen LogP contribution in [-0.2, 0) is 10.8 Å². The molecule has 0 saturated carbocycles. The first kappa shape index (κ1) is 53.4. The van der Waals surface area contributed by atoms with Gasteiger partial charge >= 0.3 is 0 Å². The number of nitrogens with zero attached hydrogens (tertiary/aromatic N) is 7. The van der Waals surface area contributed by atoms with Crippen molar-refractivity contribution in [2.75, 3.05) is 24.5 Å². The van der Waals surface area contributed by atoms with E-state index in [0.717, 1.165) is 121 Å². The molecule has 8 nitrogen and oxygen atoms in total. The summed E-state index contributed by atoms with van der Waals surface area (Å²) in [7, 11) is 0. The Morgan fingerprint density at radius 1 is 0.396 bits per heavy atom. The molecule has 0 radical (unpaired) electrons. The Morgan fingerprint density at radius 2 is 0.912 bits per heavy atom. The highest BCUT2D eigenvalue weighted by atomic mass is 32.1. The molecule has 0 N–H and O–H groups in total. The summed E-state index contributed by atoms with van der Waals surface area (Å²) < 4.78 is 9.77. The molecule has 0 bridgehead atoms. The first-order valence-corrected chi connectivity index (χ1v) is 32.5. The van der Waals surface area contributed by atoms with Crippen molar-refractivity contribution in [1.82, 2.24) is 9.97 Å². The molecule has 11 aromatic carbocycles. The molecule has 1 aliphatic carbocycles. The van der Waals surface area contributed by atoms with E-state index in [2.05, 4.69) is 325 Å². The van der Waals surface area contributed by atoms with E-state index in [1.165, 1.54) is 36.9 Å². The Bertz CT molecular complexity index is 4950. The predicted molar refractivity (Wildman–Crippen MR) is 382 cm³/mol. The summed E-state index contributed by atoms with van der Waals surface area (Å²) in [5.74, 6) is 3.94. The molecule has 91 heavy (non-hydrogen) atoms. The molecule has 434 valence electrons. The second-order valence-electron chi connectivity index (χ2n) is 25.9. The topological polar surface area (TPSA) is 51.2 Å². The number of benzene rings is 11. The molecule has 5 aliphatic rings. The van der Waals surface area contributed by atoms with Crippen LogP contribution in [0.25, 0.3) is 10.1 Å². The lowest BCUT2D eigenvalue weighted by Gasteiger charge is -2.45. The van der Waals surface area contributed by atoms with Crippen LogP contribution in [0.1, 0.15) is 51.7 Å². The van der Waals surface area contributed by atoms with Crippen LogP contribution in [0.15, 0.2) is 273 Å². The van der Waals surface area contributed by atoms with E-state index in [0.29, 0.717) is 5.95 Å². The minimum absolute atomic E-state index is 0.0259. The van der Waals surface area contributed by atoms with Crippen LogP contribution in [0.4, 0.5) is 85.8 Å². The maximum atomic E-state index is 7.29. The highest BCUT2D eigenvalue weighted by Crippen LogP contribution is 2.53. The molecule has 0 spiro atoms. The molecule has 6 heterocycles. The van der Waals surface area contributed by atoms with Crippen molar-refractivity contribution in [1.29, 1.82) is 0 Å². The summed E-state index contributed by atoms with van der Waals surface area (Å²) in [4.78, 5) is 24.2. The van der Waals surface area contributed by atoms with Crippen LogP contribution in [0.2, 0.25) is 0 Å². The Kier molecular flexibility index (Phi) is 12.0. The highest BCUT2D eigenvalue weighted by molar-refractivity contribution is 7.33. The summed E-state index contributed by atoms with van der Waals surface area (Å²) in [6.07, 6.45) is 2.23. The van der Waals surface area contributed by atoms with Crippen LogP contribution < -0.4 is 61.3 Å². The Morgan fingerprint density at radius 3 is 1.55 bits per heavy atom. The van der Waals surface area contributed by atoms with Gasteiger partial charge in [-0.05, 0) is 166 Å². The van der Waals surface area contributed by atoms with E-state index >= 15 is 0 Å². The molecule has 11 heteroatoms. The number of anilines is 15. The summed E-state index contributed by atoms with van der Waals surface area (Å²) >= 11 is 1.90. The van der Waals surface area contributed by atoms with E-state index in [1.807, 2.05) is 11.3 Å². The monoisotopic (exact) mass is 1190 g/mol. The zero-order valence-electron chi connectivity index (χ0n) is 51.0. The first-order chi connectivity index (χ1) is 44.6. The molecule has 13 aromatic rings. The fraction of sp³-hybridized carbons (Fsp3) is 0.100. The summed E-state index contributed by atoms with van der Waals surface area (Å²) in [6, 6.07) is 99.1. The van der Waals surface area contributed by atoms with Crippen LogP contribution in [-0.4, -0.2) is 23.4 Å². The molecule has 4 aliphatic heterocycles. The lowest BCUT2D eigenvalue weighted by Crippen LogP contribution is -2.64. The quantitative estimate of drug-likeness (QED) is 0.133. The molecule has 0 unspecified atom stereocenters. The van der Waals surface area contributed by atoms with Gasteiger partial charge in [0.1, 0.15) is 23.1 Å². The van der Waals surface area contributed by atoms with Crippen LogP contribution in [0, 0.1) is 0 Å². The third-order valence-electron chi connectivity index (χ3n) is 19.7. The van der Waals surface area contributed by atoms with Gasteiger partial charge < -0.3 is 14.5 Å². The smallest absolute Gasteiger partial charge is 0.268 e. The fourth-order valence-electron chi connectivity index (χ4n) is 15.3. The second kappa shape index (κ2) is 20.5. The Labute approximate surface area is 535 Å². The minimum Gasteiger partial charge on any atom is -0.458 e. The lowest BCUT2D eigenvalue weighted by molar-refractivity contribution is 0.332. The zero-order valence-corrected chi connectivity index (χ0v) is 51.8. The predicted octanol–water partition coefficient (Wildman–Crippen LogP) is 17.5. The van der Waals surface area contributed by atoms with Crippen molar-refractivity contribution in [2.45, 2.75) is 51.4 Å². The molecule has 2 aromatic heterocycles. The fourth-order valence-corrected chi connectivity index (χ4v) is 16.7. The first-order valence-electron chi connectivity index (χ1n) is 31.7. The van der Waals surface area contributed by atoms with Crippen LogP contribution >= 0.6 is 11.3 Å². The molecule has 0 fully saturated rings. The number of hydrogen-bond donors (Lipinski definition) is 0. The standard InChI is InChI=1S/C80H61B2N7OS/c1-79(2)45-46-80(3,4)62-47-58(43-44-61(62)79)89-74-60-39-23-26-42-71(60)91-75(74)82-65-50-64-66(51-67(65)88(57-37-21-10-22-38-57)76-73(82)77(89)84-78(83-76)86(54-31-15-7-16-32-54)55-33-17-8-18-34-55)87(56-35-19-9-20-36-56)68-48-59(49-70-72(68)81(64)63-40-24-25-41-69(63)90-70)85(52-27-11-5-12-28-52)53-29-13-6-14-30-53/h5-44,47-51H,45-46H2,1-4H3. The minimum atomic E-state index is -0.285. The maximum Gasteiger partial charge on any atom is 0.268 e. The van der Waals surface area contributed by atoms with Gasteiger partial charge in [0.2, 0.25) is 5.95 Å². The van der Waals surface area contributed by atoms with E-state index < -0.39 is 0 Å². The third kappa shape index (κ3) is 8.30. The second-order valence-corrected chi connectivity index (χ2v) is 27.0. The van der Waals surface area contributed by atoms with Gasteiger partial charge in [-0.25, -0.2) is 0 Å². The number of thiophene rings is 1. The van der Waals surface area contributed by atoms with Crippen molar-refractivity contribution < 1.29 is 4.74 Å². The van der Waals surface area contributed by atoms with Gasteiger partial charge in [-0.15, -0.1) is 11.3 Å². The number of aromatic nitrogens is 2. The average Bonchev–Trinajstić information content (AvgIpc) is 1.62. The number of ether oxygens (including phenoxy) is 1. The highest BCUT2D eigenvalue weighted by Gasteiger charge is 2.51. The number of fused-ring (bicyclic) bond motifs is 11. The van der Waals surface area contributed by atoms with Gasteiger partial charge in [-0.2, -0.15) is 9.97 Å². The van der Waals surface area contributed by atoms with Gasteiger partial charge in [0.05, 0.1) is 11.4 Å². The Balaban J connectivity index is 0.962. The Hall–Kier alpha value is -10.6. The zero-order chi connectivity index (χ0) is 60.7. The van der Waals surface area contributed by atoms with E-state index in [9.17, 15) is 0 Å². The average molecular weight is 1190 g/mol. The van der Waals surface area contributed by atoms with Crippen molar-refractivity contribution in [3.63, 3.8) is 0 Å². The van der Waals surface area contributed by atoms with Gasteiger partial charge in [0, 0.05) is 83.3 Å². The van der Waals surface area contributed by atoms with Gasteiger partial charge in [-0.3, -0.25) is 14.7 Å². The molecular formula is C80H61B2N7OS. The van der Waals surface area contributed by atoms with Crippen LogP contribution in [0.3, 0.4) is 0 Å². The number of hydrogen-bond acceptors (Lipinski definition) is 9. The van der Waals surface area contributed by atoms with Crippen molar-refractivity contribution in [3.8, 4) is 11.5 Å². The summed E-state index contributed by atoms with van der Waals surface area (Å²) in [6.45, 7) is 9.21. The summed E-state index contributed by atoms with van der Waals surface area (Å²) in [5.41, 5.74) is 21.0. The number of para-hydroxylation sites is 7. The van der Waals surface area contributed by atoms with Gasteiger partial charge in [0.25, 0.3) is 13.4 Å². The lowest BCUT2D eigenvalue weighted by atomic mass is 9.32. The van der Waals surface area contributed by atoms with Gasteiger partial charge in [-0.1, -0.05) is 185 Å². The molecule has 0 amide bonds. The van der Waals surface area contributed by atoms with E-state index in [4.69, 9.17) is 14.7 Å². The normalized spacial score (nSPS) is 14.9. The largest absolute Gasteiger partial charge is 0.458 e. The van der Waals surface area contributed by atoms with E-state index in [-0.39, 0.29) is 24.3 Å². The van der Waals surface area contributed by atoms with Crippen molar-refractivity contribution in [2.24, 2.45) is 0 Å². The van der Waals surface area contributed by atoms with Gasteiger partial charge in [0.15, 0.2) is 0 Å². The molecular weight excluding hydrogens is 1130 g/mol. The number of rotatable bonds is 9. The molecule has 0 saturated heterocycles. The van der Waals surface area contributed by atoms with Crippen molar-refractivity contribution in [3.05, 3.63) is 284 Å². The molecule has 0 atom stereocenters. The SMILES string of the molecule is CC1(C)CCC(C)(C)c2cc(N3c4nc(N(c5ccccc5)c5ccccc5)nc5c4B(c4cc6c(cc4N5c4ccccc4)N(c4ccccc4)c4cc(N(c5ccccc5)c5ccccc5)cc5c4B6c4ccccc4O5)c4sc5ccccc5c43)ccc21. The third-order valence-corrected chi connectivity index (χ3v) is 20.9. The summed E-state index contributed by atoms with van der Waals surface area (Å²) in [5, 5.41) is 1.20.